The summed E-state index contributed by atoms with van der Waals surface area (Å²) in [4.78, 5) is 14.8. The van der Waals surface area contributed by atoms with E-state index in [9.17, 15) is 13.2 Å². The number of benzene rings is 2. The lowest BCUT2D eigenvalue weighted by Crippen LogP contribution is -2.43. The lowest BCUT2D eigenvalue weighted by molar-refractivity contribution is -0.135. The standard InChI is InChI=1S/C21H24Cl2N2O3S/c1-15-6-8-18(9-7-15)29(27,28)25-12-10-16(11-13-25)21(26)24(2)14-17-4-3-5-19(22)20(17)23/h3-9,16H,10-14H2,1-2H3. The molecule has 0 spiro atoms. The Balaban J connectivity index is 1.61. The van der Waals surface area contributed by atoms with Gasteiger partial charge < -0.3 is 4.90 Å². The van der Waals surface area contributed by atoms with Gasteiger partial charge in [-0.15, -0.1) is 0 Å². The number of halogens is 2. The van der Waals surface area contributed by atoms with E-state index in [1.54, 1.807) is 48.3 Å². The molecule has 0 atom stereocenters. The molecule has 8 heteroatoms. The Morgan fingerprint density at radius 1 is 1.10 bits per heavy atom. The highest BCUT2D eigenvalue weighted by Crippen LogP contribution is 2.28. The number of aryl methyl sites for hydroxylation is 1. The number of rotatable bonds is 5. The van der Waals surface area contributed by atoms with E-state index in [2.05, 4.69) is 0 Å². The fourth-order valence-electron chi connectivity index (χ4n) is 3.52. The molecule has 0 aliphatic carbocycles. The number of hydrogen-bond acceptors (Lipinski definition) is 3. The van der Waals surface area contributed by atoms with Crippen molar-refractivity contribution >= 4 is 39.1 Å². The molecule has 0 radical (unpaired) electrons. The van der Waals surface area contributed by atoms with Crippen molar-refractivity contribution in [3.05, 3.63) is 63.6 Å². The van der Waals surface area contributed by atoms with Crippen molar-refractivity contribution in [2.75, 3.05) is 20.1 Å². The summed E-state index contributed by atoms with van der Waals surface area (Å²) in [6, 6.07) is 12.2. The Morgan fingerprint density at radius 2 is 1.72 bits per heavy atom. The number of carbonyl (C=O) groups excluding carboxylic acids is 1. The molecule has 1 saturated heterocycles. The molecular formula is C21H24Cl2N2O3S. The number of hydrogen-bond donors (Lipinski definition) is 0. The molecule has 0 saturated carbocycles. The number of carbonyl (C=O) groups is 1. The zero-order chi connectivity index (χ0) is 21.2. The fraction of sp³-hybridized carbons (Fsp3) is 0.381. The lowest BCUT2D eigenvalue weighted by Gasteiger charge is -2.32. The predicted octanol–water partition coefficient (Wildman–Crippen LogP) is 4.36. The van der Waals surface area contributed by atoms with Crippen molar-refractivity contribution in [3.8, 4) is 0 Å². The zero-order valence-corrected chi connectivity index (χ0v) is 18.8. The molecule has 0 N–H and O–H groups in total. The molecule has 1 fully saturated rings. The van der Waals surface area contributed by atoms with Gasteiger partial charge in [0.15, 0.2) is 0 Å². The van der Waals surface area contributed by atoms with Crippen molar-refractivity contribution in [1.82, 2.24) is 9.21 Å². The second-order valence-electron chi connectivity index (χ2n) is 7.40. The van der Waals surface area contributed by atoms with Crippen molar-refractivity contribution in [2.45, 2.75) is 31.2 Å². The molecule has 2 aromatic rings. The maximum Gasteiger partial charge on any atom is 0.243 e. The van der Waals surface area contributed by atoms with E-state index in [0.717, 1.165) is 11.1 Å². The first-order valence-corrected chi connectivity index (χ1v) is 11.6. The van der Waals surface area contributed by atoms with Gasteiger partial charge in [0.25, 0.3) is 0 Å². The second kappa shape index (κ2) is 9.04. The van der Waals surface area contributed by atoms with Crippen molar-refractivity contribution in [3.63, 3.8) is 0 Å². The SMILES string of the molecule is Cc1ccc(S(=O)(=O)N2CCC(C(=O)N(C)Cc3cccc(Cl)c3Cl)CC2)cc1. The first-order chi connectivity index (χ1) is 13.7. The summed E-state index contributed by atoms with van der Waals surface area (Å²) in [5, 5.41) is 0.910. The van der Waals surface area contributed by atoms with E-state index in [0.29, 0.717) is 47.4 Å². The summed E-state index contributed by atoms with van der Waals surface area (Å²) >= 11 is 12.3. The van der Waals surface area contributed by atoms with Gasteiger partial charge in [-0.3, -0.25) is 4.79 Å². The Hall–Kier alpha value is -1.60. The molecule has 1 aliphatic rings. The van der Waals surface area contributed by atoms with Gasteiger partial charge in [-0.1, -0.05) is 53.0 Å². The average Bonchev–Trinajstić information content (AvgIpc) is 2.71. The van der Waals surface area contributed by atoms with Gasteiger partial charge in [0, 0.05) is 32.6 Å². The quantitative estimate of drug-likeness (QED) is 0.673. The van der Waals surface area contributed by atoms with Crippen LogP contribution in [0.1, 0.15) is 24.0 Å². The molecule has 1 amide bonds. The predicted molar refractivity (Wildman–Crippen MR) is 116 cm³/mol. The molecule has 2 aromatic carbocycles. The third-order valence-electron chi connectivity index (χ3n) is 5.28. The molecular weight excluding hydrogens is 431 g/mol. The Bertz CT molecular complexity index is 985. The minimum atomic E-state index is -3.53. The largest absolute Gasteiger partial charge is 0.341 e. The minimum absolute atomic E-state index is 0.00609. The highest BCUT2D eigenvalue weighted by molar-refractivity contribution is 7.89. The summed E-state index contributed by atoms with van der Waals surface area (Å²) in [5.41, 5.74) is 1.80. The van der Waals surface area contributed by atoms with Crippen LogP contribution in [-0.2, 0) is 21.4 Å². The number of piperidine rings is 1. The van der Waals surface area contributed by atoms with E-state index < -0.39 is 10.0 Å². The highest BCUT2D eigenvalue weighted by Gasteiger charge is 2.33. The van der Waals surface area contributed by atoms with Crippen LogP contribution in [0, 0.1) is 12.8 Å². The van der Waals surface area contributed by atoms with Gasteiger partial charge in [-0.2, -0.15) is 4.31 Å². The van der Waals surface area contributed by atoms with E-state index >= 15 is 0 Å². The molecule has 3 rings (SSSR count). The lowest BCUT2D eigenvalue weighted by atomic mass is 9.96. The van der Waals surface area contributed by atoms with Gasteiger partial charge in [0.05, 0.1) is 14.9 Å². The van der Waals surface area contributed by atoms with Gasteiger partial charge in [-0.05, 0) is 43.5 Å². The van der Waals surface area contributed by atoms with Crippen molar-refractivity contribution < 1.29 is 13.2 Å². The summed E-state index contributed by atoms with van der Waals surface area (Å²) in [6.07, 6.45) is 0.995. The van der Waals surface area contributed by atoms with E-state index in [4.69, 9.17) is 23.2 Å². The fourth-order valence-corrected chi connectivity index (χ4v) is 5.37. The van der Waals surface area contributed by atoms with Gasteiger partial charge >= 0.3 is 0 Å². The smallest absolute Gasteiger partial charge is 0.243 e. The van der Waals surface area contributed by atoms with Crippen LogP contribution in [0.4, 0.5) is 0 Å². The Morgan fingerprint density at radius 3 is 2.34 bits per heavy atom. The maximum absolute atomic E-state index is 12.8. The topological polar surface area (TPSA) is 57.7 Å². The Labute approximate surface area is 182 Å². The molecule has 156 valence electrons. The monoisotopic (exact) mass is 454 g/mol. The number of amides is 1. The van der Waals surface area contributed by atoms with Gasteiger partial charge in [0.2, 0.25) is 15.9 Å². The van der Waals surface area contributed by atoms with Crippen LogP contribution in [0.2, 0.25) is 10.0 Å². The molecule has 29 heavy (non-hydrogen) atoms. The van der Waals surface area contributed by atoms with Crippen LogP contribution in [0.15, 0.2) is 47.4 Å². The van der Waals surface area contributed by atoms with E-state index in [1.165, 1.54) is 4.31 Å². The van der Waals surface area contributed by atoms with Crippen molar-refractivity contribution in [2.24, 2.45) is 5.92 Å². The van der Waals surface area contributed by atoms with Crippen molar-refractivity contribution in [1.29, 1.82) is 0 Å². The highest BCUT2D eigenvalue weighted by atomic mass is 35.5. The minimum Gasteiger partial charge on any atom is -0.341 e. The van der Waals surface area contributed by atoms with E-state index in [-0.39, 0.29) is 11.8 Å². The summed E-state index contributed by atoms with van der Waals surface area (Å²) in [6.45, 7) is 2.94. The molecule has 0 unspecified atom stereocenters. The average molecular weight is 455 g/mol. The normalized spacial score (nSPS) is 16.0. The number of sulfonamides is 1. The molecule has 0 bridgehead atoms. The zero-order valence-electron chi connectivity index (χ0n) is 16.4. The van der Waals surface area contributed by atoms with Crippen LogP contribution in [-0.4, -0.2) is 43.7 Å². The van der Waals surface area contributed by atoms with Crippen LogP contribution < -0.4 is 0 Å². The second-order valence-corrected chi connectivity index (χ2v) is 10.1. The van der Waals surface area contributed by atoms with Crippen LogP contribution in [0.5, 0.6) is 0 Å². The Kier molecular flexibility index (Phi) is 6.89. The summed E-state index contributed by atoms with van der Waals surface area (Å²) in [5.74, 6) is -0.212. The number of nitrogens with zero attached hydrogens (tertiary/aromatic N) is 2. The first-order valence-electron chi connectivity index (χ1n) is 9.45. The molecule has 5 nitrogen and oxygen atoms in total. The first kappa shape index (κ1) is 22.1. The summed E-state index contributed by atoms with van der Waals surface area (Å²) in [7, 11) is -1.80. The van der Waals surface area contributed by atoms with Gasteiger partial charge in [0.1, 0.15) is 0 Å². The molecule has 1 heterocycles. The molecule has 1 aliphatic heterocycles. The maximum atomic E-state index is 12.8. The third-order valence-corrected chi connectivity index (χ3v) is 8.05. The summed E-state index contributed by atoms with van der Waals surface area (Å²) < 4.78 is 27.1. The van der Waals surface area contributed by atoms with E-state index in [1.807, 2.05) is 13.0 Å². The van der Waals surface area contributed by atoms with Crippen LogP contribution in [0.25, 0.3) is 0 Å². The van der Waals surface area contributed by atoms with Crippen LogP contribution in [0.3, 0.4) is 0 Å². The molecule has 0 aromatic heterocycles. The third kappa shape index (κ3) is 4.94. The van der Waals surface area contributed by atoms with Crippen LogP contribution >= 0.6 is 23.2 Å². The van der Waals surface area contributed by atoms with Gasteiger partial charge in [-0.25, -0.2) is 8.42 Å².